The maximum absolute atomic E-state index is 6.47. The molecule has 0 saturated heterocycles. The summed E-state index contributed by atoms with van der Waals surface area (Å²) in [6, 6.07) is 8.92. The Morgan fingerprint density at radius 3 is 1.50 bits per heavy atom. The molecule has 2 rings (SSSR count). The molecule has 3 heteroatoms. The van der Waals surface area contributed by atoms with Crippen LogP contribution in [0.5, 0.6) is 0 Å². The molecule has 26 heavy (non-hydrogen) atoms. The minimum absolute atomic E-state index is 0.00896. The van der Waals surface area contributed by atoms with Crippen LogP contribution in [0.25, 0.3) is 0 Å². The lowest BCUT2D eigenvalue weighted by molar-refractivity contribution is 0.542. The zero-order valence-corrected chi connectivity index (χ0v) is 17.2. The van der Waals surface area contributed by atoms with Gasteiger partial charge in [-0.2, -0.15) is 0 Å². The Balaban J connectivity index is 1.91. The smallest absolute Gasteiger partial charge is 0.0427 e. The maximum atomic E-state index is 6.47. The first-order valence-corrected chi connectivity index (χ1v) is 9.58. The third kappa shape index (κ3) is 4.94. The molecule has 0 heterocycles. The van der Waals surface area contributed by atoms with Crippen LogP contribution in [0.15, 0.2) is 24.3 Å². The van der Waals surface area contributed by atoms with Crippen molar-refractivity contribution in [3.05, 3.63) is 68.8 Å². The molecule has 0 aliphatic heterocycles. The summed E-state index contributed by atoms with van der Waals surface area (Å²) in [7, 11) is 0. The lowest BCUT2D eigenvalue weighted by Crippen LogP contribution is -2.30. The highest BCUT2D eigenvalue weighted by Gasteiger charge is 2.14. The van der Waals surface area contributed by atoms with Crippen molar-refractivity contribution in [2.45, 2.75) is 60.0 Å². The van der Waals surface area contributed by atoms with E-state index in [9.17, 15) is 0 Å². The molecule has 2 atom stereocenters. The van der Waals surface area contributed by atoms with Crippen LogP contribution in [0.4, 0.5) is 0 Å². The Labute approximate surface area is 159 Å². The van der Waals surface area contributed by atoms with Crippen molar-refractivity contribution >= 4 is 0 Å². The minimum Gasteiger partial charge on any atom is -0.324 e. The van der Waals surface area contributed by atoms with Gasteiger partial charge in [-0.3, -0.25) is 0 Å². The summed E-state index contributed by atoms with van der Waals surface area (Å²) in [5, 5.41) is 3.50. The topological polar surface area (TPSA) is 64.1 Å². The summed E-state index contributed by atoms with van der Waals surface area (Å²) in [6.07, 6.45) is 0.906. The van der Waals surface area contributed by atoms with Crippen LogP contribution in [0.2, 0.25) is 0 Å². The lowest BCUT2D eigenvalue weighted by atomic mass is 9.92. The molecule has 5 N–H and O–H groups in total. The van der Waals surface area contributed by atoms with Crippen LogP contribution in [0.3, 0.4) is 0 Å². The Morgan fingerprint density at radius 1 is 0.692 bits per heavy atom. The van der Waals surface area contributed by atoms with Gasteiger partial charge in [-0.25, -0.2) is 0 Å². The fourth-order valence-corrected chi connectivity index (χ4v) is 4.31. The first-order valence-electron chi connectivity index (χ1n) is 9.58. The summed E-state index contributed by atoms with van der Waals surface area (Å²) in [6.45, 7) is 14.5. The van der Waals surface area contributed by atoms with Gasteiger partial charge in [-0.05, 0) is 87.9 Å². The van der Waals surface area contributed by atoms with Gasteiger partial charge in [-0.15, -0.1) is 0 Å². The van der Waals surface area contributed by atoms with Crippen LogP contribution < -0.4 is 16.8 Å². The van der Waals surface area contributed by atoms with Gasteiger partial charge in [0.15, 0.2) is 0 Å². The molecule has 0 bridgehead atoms. The number of nitrogens with two attached hydrogens (primary N) is 2. The predicted octanol–water partition coefficient (Wildman–Crippen LogP) is 4.22. The first-order chi connectivity index (χ1) is 12.2. The standard InChI is InChI=1S/C23H35N3/c1-14-9-16(3)22(17(4)10-14)20(24)7-8-26-13-21(25)23-18(5)11-15(2)12-19(23)6/h9-12,20-21,26H,7-8,13,24-25H2,1-6H3. The average Bonchev–Trinajstić information content (AvgIpc) is 2.49. The fraction of sp³-hybridized carbons (Fsp3) is 0.478. The van der Waals surface area contributed by atoms with Crippen molar-refractivity contribution < 1.29 is 0 Å². The van der Waals surface area contributed by atoms with E-state index in [2.05, 4.69) is 71.1 Å². The highest BCUT2D eigenvalue weighted by atomic mass is 14.9. The summed E-state index contributed by atoms with van der Waals surface area (Å²) in [5.41, 5.74) is 23.2. The van der Waals surface area contributed by atoms with E-state index in [-0.39, 0.29) is 12.1 Å². The van der Waals surface area contributed by atoms with Gasteiger partial charge in [0.25, 0.3) is 0 Å². The zero-order chi connectivity index (χ0) is 19.4. The van der Waals surface area contributed by atoms with E-state index < -0.39 is 0 Å². The van der Waals surface area contributed by atoms with Crippen molar-refractivity contribution in [1.82, 2.24) is 5.32 Å². The van der Waals surface area contributed by atoms with Crippen LogP contribution in [-0.4, -0.2) is 13.1 Å². The van der Waals surface area contributed by atoms with Crippen molar-refractivity contribution in [2.75, 3.05) is 13.1 Å². The van der Waals surface area contributed by atoms with Gasteiger partial charge in [0, 0.05) is 18.6 Å². The molecule has 2 aromatic carbocycles. The van der Waals surface area contributed by atoms with Crippen LogP contribution in [0.1, 0.15) is 63.0 Å². The number of nitrogens with one attached hydrogen (secondary N) is 1. The summed E-state index contributed by atoms with van der Waals surface area (Å²) in [5.74, 6) is 0. The molecule has 0 radical (unpaired) electrons. The van der Waals surface area contributed by atoms with Crippen molar-refractivity contribution in [3.8, 4) is 0 Å². The fourth-order valence-electron chi connectivity index (χ4n) is 4.31. The Morgan fingerprint density at radius 2 is 1.08 bits per heavy atom. The Kier molecular flexibility index (Phi) is 6.99. The van der Waals surface area contributed by atoms with Crippen LogP contribution in [-0.2, 0) is 0 Å². The SMILES string of the molecule is Cc1cc(C)c(C(N)CCNCC(N)c2c(C)cc(C)cc2C)c(C)c1. The second kappa shape index (κ2) is 8.81. The number of rotatable bonds is 7. The Hall–Kier alpha value is -1.68. The molecule has 0 aliphatic rings. The summed E-state index contributed by atoms with van der Waals surface area (Å²) in [4.78, 5) is 0. The lowest BCUT2D eigenvalue weighted by Gasteiger charge is -2.21. The van der Waals surface area contributed by atoms with Crippen LogP contribution in [0, 0.1) is 41.5 Å². The van der Waals surface area contributed by atoms with Gasteiger partial charge >= 0.3 is 0 Å². The first kappa shape index (κ1) is 20.6. The molecule has 3 nitrogen and oxygen atoms in total. The monoisotopic (exact) mass is 353 g/mol. The number of benzene rings is 2. The molecule has 2 aromatic rings. The predicted molar refractivity (Wildman–Crippen MR) is 113 cm³/mol. The number of aryl methyl sites for hydroxylation is 6. The van der Waals surface area contributed by atoms with Gasteiger partial charge < -0.3 is 16.8 Å². The van der Waals surface area contributed by atoms with E-state index in [0.29, 0.717) is 0 Å². The molecule has 0 saturated carbocycles. The van der Waals surface area contributed by atoms with E-state index in [1.165, 1.54) is 44.5 Å². The van der Waals surface area contributed by atoms with E-state index in [1.54, 1.807) is 0 Å². The largest absolute Gasteiger partial charge is 0.324 e. The van der Waals surface area contributed by atoms with E-state index in [4.69, 9.17) is 11.5 Å². The molecule has 0 aliphatic carbocycles. The van der Waals surface area contributed by atoms with Crippen molar-refractivity contribution in [2.24, 2.45) is 11.5 Å². The Bertz CT molecular complexity index is 653. The number of hydrogen-bond acceptors (Lipinski definition) is 3. The molecule has 142 valence electrons. The molecular formula is C23H35N3. The van der Waals surface area contributed by atoms with Gasteiger partial charge in [-0.1, -0.05) is 35.4 Å². The normalized spacial score (nSPS) is 13.7. The molecule has 0 amide bonds. The summed E-state index contributed by atoms with van der Waals surface area (Å²) >= 11 is 0. The van der Waals surface area contributed by atoms with Gasteiger partial charge in [0.1, 0.15) is 0 Å². The quantitative estimate of drug-likeness (QED) is 0.653. The minimum atomic E-state index is 0.00896. The molecular weight excluding hydrogens is 318 g/mol. The van der Waals surface area contributed by atoms with E-state index in [1.807, 2.05) is 0 Å². The molecule has 0 spiro atoms. The molecule has 0 fully saturated rings. The van der Waals surface area contributed by atoms with E-state index >= 15 is 0 Å². The third-order valence-electron chi connectivity index (χ3n) is 5.21. The van der Waals surface area contributed by atoms with E-state index in [0.717, 1.165) is 19.5 Å². The average molecular weight is 354 g/mol. The van der Waals surface area contributed by atoms with Gasteiger partial charge in [0.05, 0.1) is 0 Å². The molecule has 0 aromatic heterocycles. The maximum Gasteiger partial charge on any atom is 0.0427 e. The third-order valence-corrected chi connectivity index (χ3v) is 5.21. The highest BCUT2D eigenvalue weighted by molar-refractivity contribution is 5.40. The van der Waals surface area contributed by atoms with Gasteiger partial charge in [0.2, 0.25) is 0 Å². The summed E-state index contributed by atoms with van der Waals surface area (Å²) < 4.78 is 0. The highest BCUT2D eigenvalue weighted by Crippen LogP contribution is 2.24. The van der Waals surface area contributed by atoms with Crippen molar-refractivity contribution in [1.29, 1.82) is 0 Å². The second-order valence-electron chi connectivity index (χ2n) is 7.83. The number of hydrogen-bond donors (Lipinski definition) is 3. The molecule has 2 unspecified atom stereocenters. The van der Waals surface area contributed by atoms with Crippen molar-refractivity contribution in [3.63, 3.8) is 0 Å². The second-order valence-corrected chi connectivity index (χ2v) is 7.83. The van der Waals surface area contributed by atoms with Crippen LogP contribution >= 0.6 is 0 Å². The zero-order valence-electron chi connectivity index (χ0n) is 17.2.